The number of carbonyl (C=O) groups is 1. The van der Waals surface area contributed by atoms with E-state index in [0.29, 0.717) is 34.3 Å². The van der Waals surface area contributed by atoms with Crippen molar-refractivity contribution in [1.82, 2.24) is 34.1 Å². The molecule has 1 atom stereocenters. The van der Waals surface area contributed by atoms with Gasteiger partial charge in [0.2, 0.25) is 0 Å². The lowest BCUT2D eigenvalue weighted by Gasteiger charge is -2.24. The Bertz CT molecular complexity index is 1560. The Morgan fingerprint density at radius 1 is 1.12 bits per heavy atom. The van der Waals surface area contributed by atoms with Gasteiger partial charge in [-0.25, -0.2) is 19.1 Å². The summed E-state index contributed by atoms with van der Waals surface area (Å²) in [5.41, 5.74) is 0.542. The van der Waals surface area contributed by atoms with Gasteiger partial charge in [-0.3, -0.25) is 14.3 Å². The van der Waals surface area contributed by atoms with Gasteiger partial charge in [0.05, 0.1) is 24.3 Å². The number of alkyl halides is 3. The van der Waals surface area contributed by atoms with Crippen LogP contribution in [0, 0.1) is 5.92 Å². The molecule has 0 spiro atoms. The molecule has 0 bridgehead atoms. The lowest BCUT2D eigenvalue weighted by atomic mass is 9.81. The van der Waals surface area contributed by atoms with Gasteiger partial charge in [0.1, 0.15) is 18.7 Å². The average Bonchev–Trinajstić information content (AvgIpc) is 3.47. The summed E-state index contributed by atoms with van der Waals surface area (Å²) in [6, 6.07) is 9.48. The third-order valence-corrected chi connectivity index (χ3v) is 7.06. The zero-order chi connectivity index (χ0) is 28.4. The van der Waals surface area contributed by atoms with Crippen LogP contribution in [0.1, 0.15) is 37.2 Å². The zero-order valence-electron chi connectivity index (χ0n) is 21.1. The third-order valence-electron chi connectivity index (χ3n) is 6.81. The Hall–Kier alpha value is -3.84. The highest BCUT2D eigenvalue weighted by Crippen LogP contribution is 2.30. The fourth-order valence-electron chi connectivity index (χ4n) is 4.47. The Labute approximate surface area is 231 Å². The van der Waals surface area contributed by atoms with Crippen LogP contribution in [0.15, 0.2) is 53.7 Å². The standard InChI is InChI=1S/C26H25ClF3N7O3/c27-18-8-6-17(7-9-18)24-34-36(25(40)35(24)13-22(39)26(28,29)30)14-23-32-15-37(33-23)21-5-2-10-31-20(21)12-19(38)11-16-3-1-4-16/h2,5-10,15-16,22,39H,1,3-4,11-14H2/t22-/m0/s1. The number of nitrogens with zero attached hydrogens (tertiary/aromatic N) is 7. The second-order valence-corrected chi connectivity index (χ2v) is 10.2. The number of Topliss-reactive ketones (excluding diaryl/α,β-unsaturated/α-hetero) is 1. The number of hydrogen-bond acceptors (Lipinski definition) is 7. The van der Waals surface area contributed by atoms with Crippen molar-refractivity contribution in [3.63, 3.8) is 0 Å². The number of aliphatic hydroxyl groups excluding tert-OH is 1. The molecule has 1 fully saturated rings. The second-order valence-electron chi connectivity index (χ2n) is 9.73. The summed E-state index contributed by atoms with van der Waals surface area (Å²) >= 11 is 5.92. The number of halogens is 4. The number of pyridine rings is 1. The largest absolute Gasteiger partial charge is 0.416 e. The van der Waals surface area contributed by atoms with Gasteiger partial charge in [-0.1, -0.05) is 30.9 Å². The summed E-state index contributed by atoms with van der Waals surface area (Å²) in [6.07, 6.45) is -0.758. The molecule has 0 amide bonds. The minimum Gasteiger partial charge on any atom is -0.382 e. The third kappa shape index (κ3) is 6.15. The SMILES string of the molecule is O=C(Cc1ncccc1-n1cnc(Cn2nc(-c3ccc(Cl)cc3)n(C[C@H](O)C(F)(F)F)c2=O)n1)CC1CCC1. The first-order chi connectivity index (χ1) is 19.1. The van der Waals surface area contributed by atoms with E-state index in [0.717, 1.165) is 28.5 Å². The quantitative estimate of drug-likeness (QED) is 0.307. The lowest BCUT2D eigenvalue weighted by molar-refractivity contribution is -0.207. The Morgan fingerprint density at radius 2 is 1.88 bits per heavy atom. The van der Waals surface area contributed by atoms with Gasteiger partial charge in [-0.2, -0.15) is 13.2 Å². The van der Waals surface area contributed by atoms with Crippen molar-refractivity contribution < 1.29 is 23.1 Å². The van der Waals surface area contributed by atoms with Crippen LogP contribution >= 0.6 is 11.6 Å². The molecule has 4 aromatic rings. The number of hydrogen-bond donors (Lipinski definition) is 1. The van der Waals surface area contributed by atoms with E-state index < -0.39 is 24.5 Å². The summed E-state index contributed by atoms with van der Waals surface area (Å²) < 4.78 is 42.4. The molecule has 10 nitrogen and oxygen atoms in total. The maximum atomic E-state index is 13.1. The van der Waals surface area contributed by atoms with E-state index in [-0.39, 0.29) is 30.4 Å². The molecular formula is C26H25ClF3N7O3. The van der Waals surface area contributed by atoms with Crippen molar-refractivity contribution >= 4 is 17.4 Å². The normalized spacial score (nSPS) is 14.7. The average molecular weight is 576 g/mol. The first-order valence-electron chi connectivity index (χ1n) is 12.6. The molecule has 210 valence electrons. The van der Waals surface area contributed by atoms with Crippen molar-refractivity contribution in [2.45, 2.75) is 57.5 Å². The van der Waals surface area contributed by atoms with E-state index in [1.165, 1.54) is 35.3 Å². The van der Waals surface area contributed by atoms with Crippen LogP contribution in [0.25, 0.3) is 17.1 Å². The van der Waals surface area contributed by atoms with Crippen LogP contribution < -0.4 is 5.69 Å². The van der Waals surface area contributed by atoms with Gasteiger partial charge in [-0.15, -0.1) is 10.2 Å². The van der Waals surface area contributed by atoms with Crippen LogP contribution in [0.4, 0.5) is 13.2 Å². The summed E-state index contributed by atoms with van der Waals surface area (Å²) in [7, 11) is 0. The van der Waals surface area contributed by atoms with Crippen molar-refractivity contribution in [1.29, 1.82) is 0 Å². The highest BCUT2D eigenvalue weighted by atomic mass is 35.5. The van der Waals surface area contributed by atoms with Crippen molar-refractivity contribution in [3.8, 4) is 17.1 Å². The van der Waals surface area contributed by atoms with Crippen LogP contribution in [0.5, 0.6) is 0 Å². The zero-order valence-corrected chi connectivity index (χ0v) is 21.9. The molecule has 1 N–H and O–H groups in total. The Kier molecular flexibility index (Phi) is 7.86. The summed E-state index contributed by atoms with van der Waals surface area (Å²) in [6.45, 7) is -1.30. The molecular weight excluding hydrogens is 551 g/mol. The molecule has 3 aromatic heterocycles. The molecule has 0 aliphatic heterocycles. The molecule has 0 unspecified atom stereocenters. The lowest BCUT2D eigenvalue weighted by Crippen LogP contribution is -2.37. The molecule has 5 rings (SSSR count). The molecule has 1 aliphatic carbocycles. The maximum absolute atomic E-state index is 13.1. The van der Waals surface area contributed by atoms with Gasteiger partial charge in [0, 0.05) is 23.2 Å². The smallest absolute Gasteiger partial charge is 0.382 e. The van der Waals surface area contributed by atoms with Gasteiger partial charge >= 0.3 is 11.9 Å². The van der Waals surface area contributed by atoms with E-state index in [1.807, 2.05) is 0 Å². The van der Waals surface area contributed by atoms with Gasteiger partial charge in [-0.05, 0) is 42.3 Å². The van der Waals surface area contributed by atoms with Crippen molar-refractivity contribution in [2.24, 2.45) is 5.92 Å². The van der Waals surface area contributed by atoms with Gasteiger partial charge in [0.25, 0.3) is 0 Å². The first kappa shape index (κ1) is 27.7. The van der Waals surface area contributed by atoms with Crippen LogP contribution in [-0.2, 0) is 24.3 Å². The van der Waals surface area contributed by atoms with E-state index in [4.69, 9.17) is 11.6 Å². The minimum atomic E-state index is -4.93. The number of aliphatic hydroxyl groups is 1. The number of aromatic nitrogens is 7. The molecule has 14 heteroatoms. The second kappa shape index (κ2) is 11.3. The number of ketones is 1. The summed E-state index contributed by atoms with van der Waals surface area (Å²) in [5, 5.41) is 18.7. The first-order valence-corrected chi connectivity index (χ1v) is 13.0. The molecule has 1 saturated carbocycles. The number of benzene rings is 1. The van der Waals surface area contributed by atoms with Crippen LogP contribution in [0.3, 0.4) is 0 Å². The Balaban J connectivity index is 1.41. The predicted molar refractivity (Wildman–Crippen MR) is 138 cm³/mol. The van der Waals surface area contributed by atoms with E-state index in [1.54, 1.807) is 18.3 Å². The summed E-state index contributed by atoms with van der Waals surface area (Å²) in [5.74, 6) is 0.605. The van der Waals surface area contributed by atoms with E-state index >= 15 is 0 Å². The highest BCUT2D eigenvalue weighted by molar-refractivity contribution is 6.30. The van der Waals surface area contributed by atoms with Crippen LogP contribution in [0.2, 0.25) is 5.02 Å². The predicted octanol–water partition coefficient (Wildman–Crippen LogP) is 3.61. The van der Waals surface area contributed by atoms with E-state index in [9.17, 15) is 27.9 Å². The fourth-order valence-corrected chi connectivity index (χ4v) is 4.60. The van der Waals surface area contributed by atoms with Gasteiger partial charge in [0.15, 0.2) is 17.8 Å². The molecule has 1 aliphatic rings. The topological polar surface area (TPSA) is 121 Å². The fraction of sp³-hybridized carbons (Fsp3) is 0.385. The maximum Gasteiger partial charge on any atom is 0.416 e. The molecule has 40 heavy (non-hydrogen) atoms. The minimum absolute atomic E-state index is 0.0797. The van der Waals surface area contributed by atoms with Crippen LogP contribution in [-0.4, -0.2) is 57.3 Å². The number of carbonyl (C=O) groups excluding carboxylic acids is 1. The highest BCUT2D eigenvalue weighted by Gasteiger charge is 2.39. The van der Waals surface area contributed by atoms with Gasteiger partial charge < -0.3 is 5.11 Å². The van der Waals surface area contributed by atoms with Crippen molar-refractivity contribution in [3.05, 3.63) is 75.9 Å². The van der Waals surface area contributed by atoms with E-state index in [2.05, 4.69) is 20.2 Å². The molecule has 0 radical (unpaired) electrons. The van der Waals surface area contributed by atoms with Crippen molar-refractivity contribution in [2.75, 3.05) is 0 Å². The molecule has 3 heterocycles. The molecule has 0 saturated heterocycles. The Morgan fingerprint density at radius 3 is 2.55 bits per heavy atom. The molecule has 1 aromatic carbocycles. The number of rotatable bonds is 10. The summed E-state index contributed by atoms with van der Waals surface area (Å²) in [4.78, 5) is 34.3. The monoisotopic (exact) mass is 575 g/mol.